The van der Waals surface area contributed by atoms with Crippen LogP contribution in [0.25, 0.3) is 17.2 Å². The Kier molecular flexibility index (Phi) is 7.68. The Morgan fingerprint density at radius 2 is 1.80 bits per heavy atom. The molecule has 0 spiro atoms. The average Bonchev–Trinajstić information content (AvgIpc) is 3.21. The van der Waals surface area contributed by atoms with Crippen LogP contribution < -0.4 is 10.2 Å². The lowest BCUT2D eigenvalue weighted by Crippen LogP contribution is -2.35. The van der Waals surface area contributed by atoms with Gasteiger partial charge in [-0.3, -0.25) is 14.5 Å². The molecule has 0 fully saturated rings. The van der Waals surface area contributed by atoms with Gasteiger partial charge in [0.1, 0.15) is 12.1 Å². The topological polar surface area (TPSA) is 84.9 Å². The standard InChI is InChI=1S/C28H34N2O5/c1-17-14-23(18(2)12-22(17)13-19(3)26(32)29-16-25(31)34-7)20-8-9-24-21(15-20)10-11-30(24)27(33)35-28(4,5)6/h8-9,12-15H,10-11,16H2,1-7H3,(H,29,32). The second kappa shape index (κ2) is 10.3. The minimum Gasteiger partial charge on any atom is -0.468 e. The smallest absolute Gasteiger partial charge is 0.414 e. The Morgan fingerprint density at radius 3 is 2.46 bits per heavy atom. The van der Waals surface area contributed by atoms with E-state index in [1.54, 1.807) is 11.8 Å². The monoisotopic (exact) mass is 478 g/mol. The van der Waals surface area contributed by atoms with Crippen LogP contribution in [0, 0.1) is 13.8 Å². The number of ether oxygens (including phenoxy) is 2. The van der Waals surface area contributed by atoms with Gasteiger partial charge in [-0.2, -0.15) is 0 Å². The van der Waals surface area contributed by atoms with Crippen molar-refractivity contribution in [1.82, 2.24) is 5.32 Å². The van der Waals surface area contributed by atoms with Gasteiger partial charge in [-0.05, 0) is 99.6 Å². The zero-order valence-electron chi connectivity index (χ0n) is 21.6. The van der Waals surface area contributed by atoms with E-state index >= 15 is 0 Å². The van der Waals surface area contributed by atoms with Crippen LogP contribution in [0.2, 0.25) is 0 Å². The normalized spacial score (nSPS) is 13.3. The van der Waals surface area contributed by atoms with Crippen LogP contribution in [0.15, 0.2) is 35.9 Å². The van der Waals surface area contributed by atoms with Gasteiger partial charge in [-0.1, -0.05) is 18.2 Å². The van der Waals surface area contributed by atoms with E-state index < -0.39 is 11.6 Å². The van der Waals surface area contributed by atoms with Crippen molar-refractivity contribution in [3.05, 3.63) is 58.2 Å². The Balaban J connectivity index is 1.82. The highest BCUT2D eigenvalue weighted by Gasteiger charge is 2.29. The second-order valence-electron chi connectivity index (χ2n) is 9.84. The zero-order valence-corrected chi connectivity index (χ0v) is 21.6. The number of nitrogens with zero attached hydrogens (tertiary/aromatic N) is 1. The van der Waals surface area contributed by atoms with Crippen LogP contribution in [-0.4, -0.2) is 43.8 Å². The molecule has 7 nitrogen and oxygen atoms in total. The van der Waals surface area contributed by atoms with E-state index in [4.69, 9.17) is 4.74 Å². The highest BCUT2D eigenvalue weighted by molar-refractivity contribution is 5.99. The van der Waals surface area contributed by atoms with Gasteiger partial charge in [0.15, 0.2) is 0 Å². The Labute approximate surface area is 207 Å². The van der Waals surface area contributed by atoms with Crippen LogP contribution in [0.1, 0.15) is 49.9 Å². The number of nitrogens with one attached hydrogen (secondary N) is 1. The lowest BCUT2D eigenvalue weighted by molar-refractivity contribution is -0.140. The van der Waals surface area contributed by atoms with Crippen molar-refractivity contribution in [2.75, 3.05) is 25.1 Å². The maximum Gasteiger partial charge on any atom is 0.414 e. The molecule has 186 valence electrons. The number of carbonyl (C=O) groups is 3. The number of hydrogen-bond donors (Lipinski definition) is 1. The van der Waals surface area contributed by atoms with Gasteiger partial charge in [0.05, 0.1) is 12.8 Å². The summed E-state index contributed by atoms with van der Waals surface area (Å²) in [5.74, 6) is -0.809. The highest BCUT2D eigenvalue weighted by atomic mass is 16.6. The summed E-state index contributed by atoms with van der Waals surface area (Å²) in [6.07, 6.45) is 2.28. The largest absolute Gasteiger partial charge is 0.468 e. The zero-order chi connectivity index (χ0) is 25.9. The van der Waals surface area contributed by atoms with Gasteiger partial charge in [0, 0.05) is 12.1 Å². The van der Waals surface area contributed by atoms with Gasteiger partial charge in [0.2, 0.25) is 5.91 Å². The minimum absolute atomic E-state index is 0.166. The van der Waals surface area contributed by atoms with Crippen LogP contribution in [0.3, 0.4) is 0 Å². The first-order valence-corrected chi connectivity index (χ1v) is 11.7. The van der Waals surface area contributed by atoms with E-state index in [2.05, 4.69) is 28.3 Å². The molecule has 2 aromatic rings. The highest BCUT2D eigenvalue weighted by Crippen LogP contribution is 2.35. The first-order valence-electron chi connectivity index (χ1n) is 11.7. The van der Waals surface area contributed by atoms with Gasteiger partial charge in [-0.15, -0.1) is 0 Å². The lowest BCUT2D eigenvalue weighted by Gasteiger charge is -2.24. The van der Waals surface area contributed by atoms with E-state index in [0.717, 1.165) is 45.5 Å². The summed E-state index contributed by atoms with van der Waals surface area (Å²) in [5.41, 5.74) is 7.21. The Morgan fingerprint density at radius 1 is 1.09 bits per heavy atom. The van der Waals surface area contributed by atoms with Crippen molar-refractivity contribution in [3.8, 4) is 11.1 Å². The third kappa shape index (κ3) is 6.29. The maximum atomic E-state index is 12.6. The molecule has 35 heavy (non-hydrogen) atoms. The quantitative estimate of drug-likeness (QED) is 0.485. The molecule has 2 aromatic carbocycles. The fourth-order valence-electron chi connectivity index (χ4n) is 4.04. The molecule has 0 atom stereocenters. The molecule has 0 unspecified atom stereocenters. The molecule has 2 amide bonds. The molecule has 7 heteroatoms. The van der Waals surface area contributed by atoms with E-state index in [1.165, 1.54) is 7.11 Å². The molecular formula is C28H34N2O5. The minimum atomic E-state index is -0.537. The van der Waals surface area contributed by atoms with E-state index in [0.29, 0.717) is 12.1 Å². The molecule has 0 bridgehead atoms. The summed E-state index contributed by atoms with van der Waals surface area (Å²) in [5, 5.41) is 2.55. The van der Waals surface area contributed by atoms with Crippen molar-refractivity contribution in [2.45, 2.75) is 53.6 Å². The van der Waals surface area contributed by atoms with Crippen LogP contribution in [0.5, 0.6) is 0 Å². The van der Waals surface area contributed by atoms with Crippen LogP contribution in [-0.2, 0) is 25.5 Å². The van der Waals surface area contributed by atoms with Crippen molar-refractivity contribution in [1.29, 1.82) is 0 Å². The molecule has 3 rings (SSSR count). The number of anilines is 1. The molecule has 1 aliphatic heterocycles. The third-order valence-electron chi connectivity index (χ3n) is 5.86. The molecular weight excluding hydrogens is 444 g/mol. The van der Waals surface area contributed by atoms with E-state index in [9.17, 15) is 14.4 Å². The van der Waals surface area contributed by atoms with Crippen molar-refractivity contribution in [2.24, 2.45) is 0 Å². The fraction of sp³-hybridized carbons (Fsp3) is 0.393. The fourth-order valence-corrected chi connectivity index (χ4v) is 4.04. The molecule has 0 saturated heterocycles. The molecule has 0 aliphatic carbocycles. The predicted molar refractivity (Wildman–Crippen MR) is 137 cm³/mol. The molecule has 1 heterocycles. The van der Waals surface area contributed by atoms with Gasteiger partial charge in [-0.25, -0.2) is 4.79 Å². The number of benzene rings is 2. The maximum absolute atomic E-state index is 12.6. The number of rotatable bonds is 5. The summed E-state index contributed by atoms with van der Waals surface area (Å²) in [6, 6.07) is 10.3. The van der Waals surface area contributed by atoms with Crippen molar-refractivity contribution >= 4 is 29.7 Å². The average molecular weight is 479 g/mol. The number of fused-ring (bicyclic) bond motifs is 1. The van der Waals surface area contributed by atoms with Gasteiger partial charge < -0.3 is 14.8 Å². The molecule has 1 N–H and O–H groups in total. The molecule has 0 saturated carbocycles. The number of carbonyl (C=O) groups excluding carboxylic acids is 3. The number of amides is 2. The summed E-state index contributed by atoms with van der Waals surface area (Å²) in [6.45, 7) is 11.8. The summed E-state index contributed by atoms with van der Waals surface area (Å²) < 4.78 is 10.1. The Bertz CT molecular complexity index is 1190. The predicted octanol–water partition coefficient (Wildman–Crippen LogP) is 4.96. The number of esters is 1. The van der Waals surface area contributed by atoms with Crippen molar-refractivity contribution in [3.63, 3.8) is 0 Å². The van der Waals surface area contributed by atoms with Gasteiger partial charge in [0.25, 0.3) is 0 Å². The molecule has 0 radical (unpaired) electrons. The SMILES string of the molecule is COC(=O)CNC(=O)C(C)=Cc1cc(C)c(-c2ccc3c(c2)CCN3C(=O)OC(C)(C)C)cc1C. The summed E-state index contributed by atoms with van der Waals surface area (Å²) >= 11 is 0. The van der Waals surface area contributed by atoms with Gasteiger partial charge >= 0.3 is 12.1 Å². The number of hydrogen-bond acceptors (Lipinski definition) is 5. The Hall–Kier alpha value is -3.61. The summed E-state index contributed by atoms with van der Waals surface area (Å²) in [4.78, 5) is 37.8. The van der Waals surface area contributed by atoms with Crippen molar-refractivity contribution < 1.29 is 23.9 Å². The number of aryl methyl sites for hydroxylation is 2. The summed E-state index contributed by atoms with van der Waals surface area (Å²) in [7, 11) is 1.28. The number of methoxy groups -OCH3 is 1. The van der Waals surface area contributed by atoms with Crippen LogP contribution in [0.4, 0.5) is 10.5 Å². The van der Waals surface area contributed by atoms with E-state index in [-0.39, 0.29) is 18.5 Å². The molecule has 1 aliphatic rings. The first-order chi connectivity index (χ1) is 16.4. The lowest BCUT2D eigenvalue weighted by atomic mass is 9.93. The second-order valence-corrected chi connectivity index (χ2v) is 9.84. The molecule has 0 aromatic heterocycles. The first kappa shape index (κ1) is 26.0. The van der Waals surface area contributed by atoms with Crippen LogP contribution >= 0.6 is 0 Å². The van der Waals surface area contributed by atoms with E-state index in [1.807, 2.05) is 52.8 Å². The third-order valence-corrected chi connectivity index (χ3v) is 5.86.